The molecular formula is C21H25N3O. The Bertz CT molecular complexity index is 748. The number of piperazine rings is 1. The van der Waals surface area contributed by atoms with Crippen LogP contribution >= 0.6 is 0 Å². The van der Waals surface area contributed by atoms with E-state index in [4.69, 9.17) is 0 Å². The van der Waals surface area contributed by atoms with Crippen LogP contribution in [0.2, 0.25) is 0 Å². The van der Waals surface area contributed by atoms with Gasteiger partial charge in [-0.2, -0.15) is 0 Å². The number of hydrogen-bond donors (Lipinski definition) is 2. The molecule has 2 aromatic rings. The minimum absolute atomic E-state index is 0.0392. The van der Waals surface area contributed by atoms with Crippen molar-refractivity contribution < 1.29 is 4.79 Å². The van der Waals surface area contributed by atoms with Crippen molar-refractivity contribution in [3.05, 3.63) is 59.2 Å². The van der Waals surface area contributed by atoms with Crippen LogP contribution in [-0.4, -0.2) is 32.1 Å². The first-order chi connectivity index (χ1) is 12.3. The van der Waals surface area contributed by atoms with Gasteiger partial charge < -0.3 is 15.5 Å². The normalized spacial score (nSPS) is 17.0. The van der Waals surface area contributed by atoms with Gasteiger partial charge in [0.2, 0.25) is 0 Å². The SMILES string of the molecule is O=C(Nc1ccc2c(c1)CCCC2)c1ccc(N2CCNCC2)cc1. The average Bonchev–Trinajstić information content (AvgIpc) is 2.69. The predicted octanol–water partition coefficient (Wildman–Crippen LogP) is 3.23. The molecule has 2 N–H and O–H groups in total. The summed E-state index contributed by atoms with van der Waals surface area (Å²) in [5.41, 5.74) is 5.61. The zero-order valence-electron chi connectivity index (χ0n) is 14.6. The lowest BCUT2D eigenvalue weighted by atomic mass is 9.91. The van der Waals surface area contributed by atoms with E-state index in [1.165, 1.54) is 29.7 Å². The summed E-state index contributed by atoms with van der Waals surface area (Å²) in [6.07, 6.45) is 4.81. The average molecular weight is 335 g/mol. The smallest absolute Gasteiger partial charge is 0.255 e. The summed E-state index contributed by atoms with van der Waals surface area (Å²) in [7, 11) is 0. The molecule has 1 heterocycles. The molecule has 1 saturated heterocycles. The van der Waals surface area contributed by atoms with Crippen molar-refractivity contribution in [3.63, 3.8) is 0 Å². The highest BCUT2D eigenvalue weighted by Gasteiger charge is 2.13. The summed E-state index contributed by atoms with van der Waals surface area (Å²) in [4.78, 5) is 14.9. The molecule has 1 fully saturated rings. The van der Waals surface area contributed by atoms with Crippen LogP contribution < -0.4 is 15.5 Å². The Labute approximate surface area is 149 Å². The number of fused-ring (bicyclic) bond motifs is 1. The van der Waals surface area contributed by atoms with Gasteiger partial charge in [-0.3, -0.25) is 4.79 Å². The van der Waals surface area contributed by atoms with Gasteiger partial charge in [0.1, 0.15) is 0 Å². The summed E-state index contributed by atoms with van der Waals surface area (Å²) in [5, 5.41) is 6.40. The van der Waals surface area contributed by atoms with E-state index in [9.17, 15) is 4.79 Å². The minimum Gasteiger partial charge on any atom is -0.369 e. The molecule has 0 aromatic heterocycles. The van der Waals surface area contributed by atoms with Crippen molar-refractivity contribution in [3.8, 4) is 0 Å². The van der Waals surface area contributed by atoms with Crippen LogP contribution in [0, 0.1) is 0 Å². The van der Waals surface area contributed by atoms with E-state index in [0.717, 1.165) is 44.7 Å². The van der Waals surface area contributed by atoms with Gasteiger partial charge in [0.15, 0.2) is 0 Å². The number of hydrogen-bond acceptors (Lipinski definition) is 3. The van der Waals surface area contributed by atoms with Crippen molar-refractivity contribution in [1.82, 2.24) is 5.32 Å². The summed E-state index contributed by atoms with van der Waals surface area (Å²) >= 11 is 0. The third-order valence-corrected chi connectivity index (χ3v) is 5.22. The molecule has 0 atom stereocenters. The van der Waals surface area contributed by atoms with Crippen LogP contribution in [0.4, 0.5) is 11.4 Å². The number of anilines is 2. The lowest BCUT2D eigenvalue weighted by Gasteiger charge is -2.29. The van der Waals surface area contributed by atoms with Gasteiger partial charge in [0.05, 0.1) is 0 Å². The molecule has 130 valence electrons. The third-order valence-electron chi connectivity index (χ3n) is 5.22. The Balaban J connectivity index is 1.44. The van der Waals surface area contributed by atoms with Crippen molar-refractivity contribution in [2.24, 2.45) is 0 Å². The molecule has 0 spiro atoms. The second-order valence-corrected chi connectivity index (χ2v) is 6.93. The molecule has 1 aliphatic carbocycles. The van der Waals surface area contributed by atoms with Crippen LogP contribution in [0.3, 0.4) is 0 Å². The maximum atomic E-state index is 12.5. The summed E-state index contributed by atoms with van der Waals surface area (Å²) in [5.74, 6) is -0.0392. The first kappa shape index (κ1) is 16.2. The maximum absolute atomic E-state index is 12.5. The molecule has 1 aliphatic heterocycles. The molecular weight excluding hydrogens is 310 g/mol. The van der Waals surface area contributed by atoms with Gasteiger partial charge in [0, 0.05) is 43.1 Å². The molecule has 0 unspecified atom stereocenters. The van der Waals surface area contributed by atoms with E-state index in [2.05, 4.69) is 27.7 Å². The van der Waals surface area contributed by atoms with E-state index in [1.807, 2.05) is 30.3 Å². The fourth-order valence-corrected chi connectivity index (χ4v) is 3.76. The van der Waals surface area contributed by atoms with Crippen LogP contribution in [0.5, 0.6) is 0 Å². The molecule has 25 heavy (non-hydrogen) atoms. The quantitative estimate of drug-likeness (QED) is 0.905. The highest BCUT2D eigenvalue weighted by molar-refractivity contribution is 6.04. The molecule has 4 heteroatoms. The lowest BCUT2D eigenvalue weighted by Crippen LogP contribution is -2.43. The van der Waals surface area contributed by atoms with Crippen molar-refractivity contribution in [2.75, 3.05) is 36.4 Å². The topological polar surface area (TPSA) is 44.4 Å². The number of carbonyl (C=O) groups excluding carboxylic acids is 1. The van der Waals surface area contributed by atoms with Gasteiger partial charge in [0.25, 0.3) is 5.91 Å². The van der Waals surface area contributed by atoms with Gasteiger partial charge >= 0.3 is 0 Å². The molecule has 0 bridgehead atoms. The second-order valence-electron chi connectivity index (χ2n) is 6.93. The monoisotopic (exact) mass is 335 g/mol. The van der Waals surface area contributed by atoms with Gasteiger partial charge in [-0.05, 0) is 73.2 Å². The molecule has 4 rings (SSSR count). The molecule has 1 amide bonds. The first-order valence-corrected chi connectivity index (χ1v) is 9.28. The Hall–Kier alpha value is -2.33. The van der Waals surface area contributed by atoms with E-state index < -0.39 is 0 Å². The van der Waals surface area contributed by atoms with E-state index >= 15 is 0 Å². The number of aryl methyl sites for hydroxylation is 2. The number of nitrogens with one attached hydrogen (secondary N) is 2. The highest BCUT2D eigenvalue weighted by Crippen LogP contribution is 2.24. The molecule has 4 nitrogen and oxygen atoms in total. The molecule has 0 radical (unpaired) electrons. The Morgan fingerprint density at radius 3 is 2.40 bits per heavy atom. The number of benzene rings is 2. The number of carbonyl (C=O) groups is 1. The Kier molecular flexibility index (Phi) is 4.70. The number of rotatable bonds is 3. The number of amides is 1. The van der Waals surface area contributed by atoms with Crippen LogP contribution in [0.25, 0.3) is 0 Å². The van der Waals surface area contributed by atoms with Crippen molar-refractivity contribution in [1.29, 1.82) is 0 Å². The van der Waals surface area contributed by atoms with Gasteiger partial charge in [-0.25, -0.2) is 0 Å². The number of nitrogens with zero attached hydrogens (tertiary/aromatic N) is 1. The standard InChI is InChI=1S/C21H25N3O/c25-21(23-19-8-5-16-3-1-2-4-18(16)15-19)17-6-9-20(10-7-17)24-13-11-22-12-14-24/h5-10,15,22H,1-4,11-14H2,(H,23,25). The second kappa shape index (κ2) is 7.28. The lowest BCUT2D eigenvalue weighted by molar-refractivity contribution is 0.102. The predicted molar refractivity (Wildman–Crippen MR) is 103 cm³/mol. The minimum atomic E-state index is -0.0392. The van der Waals surface area contributed by atoms with E-state index in [-0.39, 0.29) is 5.91 Å². The molecule has 2 aliphatic rings. The Morgan fingerprint density at radius 1 is 0.920 bits per heavy atom. The zero-order valence-corrected chi connectivity index (χ0v) is 14.6. The summed E-state index contributed by atoms with van der Waals surface area (Å²) < 4.78 is 0. The van der Waals surface area contributed by atoms with Gasteiger partial charge in [-0.15, -0.1) is 0 Å². The van der Waals surface area contributed by atoms with E-state index in [1.54, 1.807) is 0 Å². The fraction of sp³-hybridized carbons (Fsp3) is 0.381. The maximum Gasteiger partial charge on any atom is 0.255 e. The van der Waals surface area contributed by atoms with Crippen molar-refractivity contribution >= 4 is 17.3 Å². The molecule has 0 saturated carbocycles. The van der Waals surface area contributed by atoms with Crippen LogP contribution in [-0.2, 0) is 12.8 Å². The summed E-state index contributed by atoms with van der Waals surface area (Å²) in [6.45, 7) is 4.06. The van der Waals surface area contributed by atoms with Crippen LogP contribution in [0.1, 0.15) is 34.3 Å². The first-order valence-electron chi connectivity index (χ1n) is 9.28. The highest BCUT2D eigenvalue weighted by atomic mass is 16.1. The van der Waals surface area contributed by atoms with E-state index in [0.29, 0.717) is 5.56 Å². The zero-order chi connectivity index (χ0) is 17.1. The third kappa shape index (κ3) is 3.69. The molecule has 2 aromatic carbocycles. The largest absolute Gasteiger partial charge is 0.369 e. The summed E-state index contributed by atoms with van der Waals surface area (Å²) in [6, 6.07) is 14.3. The Morgan fingerprint density at radius 2 is 1.64 bits per heavy atom. The van der Waals surface area contributed by atoms with Crippen molar-refractivity contribution in [2.45, 2.75) is 25.7 Å². The van der Waals surface area contributed by atoms with Gasteiger partial charge in [-0.1, -0.05) is 6.07 Å². The fourth-order valence-electron chi connectivity index (χ4n) is 3.76. The van der Waals surface area contributed by atoms with Crippen LogP contribution in [0.15, 0.2) is 42.5 Å².